The first-order valence-electron chi connectivity index (χ1n) is 7.18. The van der Waals surface area contributed by atoms with E-state index in [4.69, 9.17) is 0 Å². The number of hydrogen-bond donors (Lipinski definition) is 1. The lowest BCUT2D eigenvalue weighted by molar-refractivity contribution is 0.582. The van der Waals surface area contributed by atoms with E-state index in [9.17, 15) is 8.42 Å². The normalized spacial score (nSPS) is 18.1. The summed E-state index contributed by atoms with van der Waals surface area (Å²) in [5.74, 6) is 0.450. The molecule has 0 amide bonds. The summed E-state index contributed by atoms with van der Waals surface area (Å²) >= 11 is 2.96. The van der Waals surface area contributed by atoms with Gasteiger partial charge in [0.05, 0.1) is 12.2 Å². The fourth-order valence-electron chi connectivity index (χ4n) is 2.76. The van der Waals surface area contributed by atoms with Crippen molar-refractivity contribution in [2.45, 2.75) is 48.8 Å². The highest BCUT2D eigenvalue weighted by Crippen LogP contribution is 2.44. The fourth-order valence-corrected chi connectivity index (χ4v) is 6.51. The van der Waals surface area contributed by atoms with Crippen LogP contribution in [-0.2, 0) is 29.4 Å². The van der Waals surface area contributed by atoms with Crippen molar-refractivity contribution in [3.8, 4) is 0 Å². The monoisotopic (exact) mass is 340 g/mol. The summed E-state index contributed by atoms with van der Waals surface area (Å²) in [7, 11) is -3.41. The van der Waals surface area contributed by atoms with Crippen LogP contribution in [0.2, 0.25) is 0 Å². The molecule has 2 aromatic rings. The second kappa shape index (κ2) is 5.15. The van der Waals surface area contributed by atoms with Crippen LogP contribution in [0.3, 0.4) is 0 Å². The van der Waals surface area contributed by atoms with Gasteiger partial charge in [-0.3, -0.25) is 0 Å². The molecule has 0 atom stereocenters. The van der Waals surface area contributed by atoms with Crippen LogP contribution in [0.15, 0.2) is 15.7 Å². The first-order chi connectivity index (χ1) is 10.1. The number of thiazole rings is 1. The van der Waals surface area contributed by atoms with E-state index in [-0.39, 0.29) is 0 Å². The molecule has 112 valence electrons. The summed E-state index contributed by atoms with van der Waals surface area (Å²) in [5, 5.41) is 2.76. The van der Waals surface area contributed by atoms with Gasteiger partial charge >= 0.3 is 0 Å². The van der Waals surface area contributed by atoms with Gasteiger partial charge in [-0.2, -0.15) is 0 Å². The van der Waals surface area contributed by atoms with Gasteiger partial charge in [-0.25, -0.2) is 18.1 Å². The number of fused-ring (bicyclic) bond motifs is 1. The predicted molar refractivity (Wildman–Crippen MR) is 84.5 cm³/mol. The minimum Gasteiger partial charge on any atom is -0.245 e. The molecule has 2 aromatic heterocycles. The molecule has 4 nitrogen and oxygen atoms in total. The molecule has 0 bridgehead atoms. The summed E-state index contributed by atoms with van der Waals surface area (Å²) in [5.41, 5.74) is 2.16. The van der Waals surface area contributed by atoms with E-state index in [2.05, 4.69) is 9.71 Å². The molecular weight excluding hydrogens is 324 g/mol. The Labute approximate surface area is 132 Å². The lowest BCUT2D eigenvalue weighted by atomic mass is 10.2. The Morgan fingerprint density at radius 3 is 2.95 bits per heavy atom. The van der Waals surface area contributed by atoms with E-state index >= 15 is 0 Å². The third-order valence-corrected chi connectivity index (χ3v) is 8.05. The zero-order valence-electron chi connectivity index (χ0n) is 11.5. The van der Waals surface area contributed by atoms with Gasteiger partial charge < -0.3 is 0 Å². The maximum atomic E-state index is 12.5. The first-order valence-corrected chi connectivity index (χ1v) is 10.4. The molecule has 1 N–H and O–H groups in total. The second-order valence-electron chi connectivity index (χ2n) is 5.59. The number of aryl methyl sites for hydroxylation is 2. The average molecular weight is 340 g/mol. The molecule has 7 heteroatoms. The number of aromatic nitrogens is 1. The molecule has 1 saturated carbocycles. The number of rotatable bonds is 5. The van der Waals surface area contributed by atoms with Gasteiger partial charge in [-0.1, -0.05) is 0 Å². The highest BCUT2D eigenvalue weighted by atomic mass is 32.2. The third kappa shape index (κ3) is 2.67. The van der Waals surface area contributed by atoms with E-state index in [1.165, 1.54) is 28.3 Å². The van der Waals surface area contributed by atoms with Crippen LogP contribution in [0.1, 0.15) is 46.3 Å². The highest BCUT2D eigenvalue weighted by molar-refractivity contribution is 7.91. The maximum absolute atomic E-state index is 12.5. The summed E-state index contributed by atoms with van der Waals surface area (Å²) in [6.45, 7) is 0.308. The molecule has 21 heavy (non-hydrogen) atoms. The number of nitrogens with zero attached hydrogens (tertiary/aromatic N) is 1. The van der Waals surface area contributed by atoms with Gasteiger partial charge in [0.25, 0.3) is 10.0 Å². The van der Waals surface area contributed by atoms with Crippen molar-refractivity contribution >= 4 is 32.7 Å². The van der Waals surface area contributed by atoms with Crippen molar-refractivity contribution in [2.24, 2.45) is 0 Å². The summed E-state index contributed by atoms with van der Waals surface area (Å²) in [6, 6.07) is 1.95. The van der Waals surface area contributed by atoms with Gasteiger partial charge in [0.15, 0.2) is 0 Å². The van der Waals surface area contributed by atoms with Crippen LogP contribution in [0.5, 0.6) is 0 Å². The Morgan fingerprint density at radius 2 is 2.19 bits per heavy atom. The molecular formula is C14H16N2O2S3. The van der Waals surface area contributed by atoms with Crippen LogP contribution in [0.25, 0.3) is 0 Å². The summed E-state index contributed by atoms with van der Waals surface area (Å²) in [6.07, 6.45) is 5.53. The van der Waals surface area contributed by atoms with Gasteiger partial charge in [0.1, 0.15) is 9.22 Å². The van der Waals surface area contributed by atoms with Crippen LogP contribution < -0.4 is 4.72 Å². The van der Waals surface area contributed by atoms with Crippen LogP contribution in [-0.4, -0.2) is 13.4 Å². The van der Waals surface area contributed by atoms with Crippen LogP contribution in [0.4, 0.5) is 0 Å². The SMILES string of the molecule is O=S(=O)(NCc1nc2c(s1)CCC2)c1sccc1C1CC1. The van der Waals surface area contributed by atoms with E-state index in [1.807, 2.05) is 11.4 Å². The Morgan fingerprint density at radius 1 is 1.33 bits per heavy atom. The van der Waals surface area contributed by atoms with Crippen molar-refractivity contribution in [2.75, 3.05) is 0 Å². The topological polar surface area (TPSA) is 59.1 Å². The van der Waals surface area contributed by atoms with Crippen molar-refractivity contribution in [1.29, 1.82) is 0 Å². The van der Waals surface area contributed by atoms with Gasteiger partial charge in [-0.15, -0.1) is 22.7 Å². The van der Waals surface area contributed by atoms with Crippen LogP contribution >= 0.6 is 22.7 Å². The molecule has 0 radical (unpaired) electrons. The highest BCUT2D eigenvalue weighted by Gasteiger charge is 2.31. The smallest absolute Gasteiger partial charge is 0.245 e. The summed E-state index contributed by atoms with van der Waals surface area (Å²) < 4.78 is 28.2. The maximum Gasteiger partial charge on any atom is 0.250 e. The zero-order chi connectivity index (χ0) is 14.4. The van der Waals surface area contributed by atoms with Crippen molar-refractivity contribution in [1.82, 2.24) is 9.71 Å². The van der Waals surface area contributed by atoms with Crippen molar-refractivity contribution in [3.63, 3.8) is 0 Å². The molecule has 2 aliphatic rings. The molecule has 0 spiro atoms. The minimum atomic E-state index is -3.41. The largest absolute Gasteiger partial charge is 0.250 e. The quantitative estimate of drug-likeness (QED) is 0.910. The third-order valence-electron chi connectivity index (χ3n) is 3.97. The van der Waals surface area contributed by atoms with Gasteiger partial charge in [-0.05, 0) is 55.0 Å². The molecule has 2 heterocycles. The Kier molecular flexibility index (Phi) is 3.40. The van der Waals surface area contributed by atoms with E-state index in [1.54, 1.807) is 11.3 Å². The van der Waals surface area contributed by atoms with E-state index < -0.39 is 10.0 Å². The number of hydrogen-bond acceptors (Lipinski definition) is 5. The molecule has 4 rings (SSSR count). The second-order valence-corrected chi connectivity index (χ2v) is 9.64. The zero-order valence-corrected chi connectivity index (χ0v) is 13.9. The van der Waals surface area contributed by atoms with Gasteiger partial charge in [0.2, 0.25) is 0 Å². The van der Waals surface area contributed by atoms with E-state index in [0.29, 0.717) is 16.7 Å². The fraction of sp³-hybridized carbons (Fsp3) is 0.500. The molecule has 0 aromatic carbocycles. The van der Waals surface area contributed by atoms with Gasteiger partial charge in [0, 0.05) is 4.88 Å². The Bertz CT molecular complexity index is 750. The number of nitrogens with one attached hydrogen (secondary N) is 1. The molecule has 0 saturated heterocycles. The number of thiophene rings is 1. The Hall–Kier alpha value is -0.760. The molecule has 0 aliphatic heterocycles. The molecule has 0 unspecified atom stereocenters. The summed E-state index contributed by atoms with van der Waals surface area (Å²) in [4.78, 5) is 5.87. The standard InChI is InChI=1S/C14H16N2O2S3/c17-21(18,14-10(6-7-19-14)9-4-5-9)15-8-13-16-11-2-1-3-12(11)20-13/h6-7,9,15H,1-5,8H2. The minimum absolute atomic E-state index is 0.308. The van der Waals surface area contributed by atoms with Crippen molar-refractivity contribution < 1.29 is 8.42 Å². The lowest BCUT2D eigenvalue weighted by Crippen LogP contribution is -2.23. The average Bonchev–Trinajstić information content (AvgIpc) is 2.89. The molecule has 2 aliphatic carbocycles. The Balaban J connectivity index is 1.51. The first kappa shape index (κ1) is 13.9. The van der Waals surface area contributed by atoms with Crippen LogP contribution in [0, 0.1) is 0 Å². The predicted octanol–water partition coefficient (Wildman–Crippen LogP) is 3.05. The number of sulfonamides is 1. The molecule has 1 fully saturated rings. The van der Waals surface area contributed by atoms with E-state index in [0.717, 1.165) is 36.3 Å². The van der Waals surface area contributed by atoms with Crippen molar-refractivity contribution in [3.05, 3.63) is 32.6 Å². The lowest BCUT2D eigenvalue weighted by Gasteiger charge is -2.05.